The summed E-state index contributed by atoms with van der Waals surface area (Å²) in [5, 5.41) is 8.14. The van der Waals surface area contributed by atoms with Crippen LogP contribution in [-0.2, 0) is 19.6 Å². The van der Waals surface area contributed by atoms with Crippen LogP contribution in [0.25, 0.3) is 16.5 Å². The summed E-state index contributed by atoms with van der Waals surface area (Å²) in [6.07, 6.45) is 1.36. The number of nitrogens with zero attached hydrogens (tertiary/aromatic N) is 3. The molecule has 2 N–H and O–H groups in total. The lowest BCUT2D eigenvalue weighted by atomic mass is 10.0. The number of aryl methyl sites for hydroxylation is 3. The standard InChI is InChI=1S/C14H14F3N3.C6H10N2/c1-20-12-3-2-10(14(15,16)17)8-11(12)13(19-20)9-4-6-18-7-5-9;1-3-6-4-7-5(2)8-6/h2-4,8,18H,5-7H2,1H3;4H,3H2,1-2H3,(H,7,8). The van der Waals surface area contributed by atoms with Crippen molar-refractivity contribution in [3.8, 4) is 0 Å². The summed E-state index contributed by atoms with van der Waals surface area (Å²) in [6, 6.07) is 3.78. The zero-order chi connectivity index (χ0) is 20.3. The van der Waals surface area contributed by atoms with Gasteiger partial charge in [0.2, 0.25) is 0 Å². The molecule has 28 heavy (non-hydrogen) atoms. The number of halogens is 3. The molecule has 0 aliphatic carbocycles. The van der Waals surface area contributed by atoms with Crippen LogP contribution in [0.5, 0.6) is 0 Å². The second kappa shape index (κ2) is 8.18. The number of hydrogen-bond donors (Lipinski definition) is 2. The minimum absolute atomic E-state index is 0.565. The molecule has 4 rings (SSSR count). The normalized spacial score (nSPS) is 14.6. The van der Waals surface area contributed by atoms with Crippen LogP contribution >= 0.6 is 0 Å². The van der Waals surface area contributed by atoms with E-state index in [1.54, 1.807) is 11.7 Å². The fourth-order valence-electron chi connectivity index (χ4n) is 3.17. The number of H-pyrrole nitrogens is 1. The molecule has 0 bridgehead atoms. The summed E-state index contributed by atoms with van der Waals surface area (Å²) >= 11 is 0. The van der Waals surface area contributed by atoms with Crippen LogP contribution in [0.2, 0.25) is 0 Å². The van der Waals surface area contributed by atoms with Gasteiger partial charge in [-0.1, -0.05) is 13.0 Å². The predicted octanol–water partition coefficient (Wildman–Crippen LogP) is 4.25. The van der Waals surface area contributed by atoms with Crippen LogP contribution in [0, 0.1) is 6.92 Å². The van der Waals surface area contributed by atoms with Crippen molar-refractivity contribution < 1.29 is 13.2 Å². The maximum Gasteiger partial charge on any atom is 0.416 e. The third-order valence-corrected chi connectivity index (χ3v) is 4.68. The average molecular weight is 391 g/mol. The lowest BCUT2D eigenvalue weighted by Gasteiger charge is -2.12. The lowest BCUT2D eigenvalue weighted by Crippen LogP contribution is -2.20. The second-order valence-corrected chi connectivity index (χ2v) is 6.73. The molecule has 1 aromatic carbocycles. The summed E-state index contributed by atoms with van der Waals surface area (Å²) in [6.45, 7) is 5.61. The van der Waals surface area contributed by atoms with Gasteiger partial charge in [0, 0.05) is 30.9 Å². The molecular weight excluding hydrogens is 367 g/mol. The van der Waals surface area contributed by atoms with Crippen LogP contribution in [-0.4, -0.2) is 32.8 Å². The third-order valence-electron chi connectivity index (χ3n) is 4.68. The van der Waals surface area contributed by atoms with Gasteiger partial charge in [-0.2, -0.15) is 18.3 Å². The van der Waals surface area contributed by atoms with Gasteiger partial charge in [0.1, 0.15) is 5.82 Å². The van der Waals surface area contributed by atoms with Crippen LogP contribution in [0.1, 0.15) is 36.1 Å². The molecule has 0 saturated carbocycles. The molecule has 0 unspecified atom stereocenters. The summed E-state index contributed by atoms with van der Waals surface area (Å²) in [7, 11) is 1.75. The molecule has 3 heterocycles. The first-order valence-corrected chi connectivity index (χ1v) is 9.24. The van der Waals surface area contributed by atoms with Crippen molar-refractivity contribution in [3.05, 3.63) is 53.2 Å². The van der Waals surface area contributed by atoms with Gasteiger partial charge in [-0.05, 0) is 50.1 Å². The average Bonchev–Trinajstić information content (AvgIpc) is 3.25. The van der Waals surface area contributed by atoms with Crippen molar-refractivity contribution in [2.45, 2.75) is 32.9 Å². The van der Waals surface area contributed by atoms with E-state index in [1.165, 1.54) is 17.8 Å². The molecule has 1 aliphatic rings. The van der Waals surface area contributed by atoms with Gasteiger partial charge in [-0.3, -0.25) is 4.68 Å². The number of aromatic amines is 1. The molecular formula is C20H24F3N5. The number of rotatable bonds is 2. The Bertz CT molecular complexity index is 982. The van der Waals surface area contributed by atoms with Crippen molar-refractivity contribution in [1.82, 2.24) is 25.1 Å². The summed E-state index contributed by atoms with van der Waals surface area (Å²) < 4.78 is 40.2. The number of hydrogen-bond acceptors (Lipinski definition) is 3. The molecule has 5 nitrogen and oxygen atoms in total. The van der Waals surface area contributed by atoms with Crippen molar-refractivity contribution >= 4 is 16.5 Å². The molecule has 150 valence electrons. The Balaban J connectivity index is 0.000000236. The van der Waals surface area contributed by atoms with E-state index in [4.69, 9.17) is 0 Å². The zero-order valence-corrected chi connectivity index (χ0v) is 16.2. The molecule has 3 aromatic rings. The maximum atomic E-state index is 12.8. The Morgan fingerprint density at radius 2 is 2.04 bits per heavy atom. The van der Waals surface area contributed by atoms with E-state index in [9.17, 15) is 13.2 Å². The highest BCUT2D eigenvalue weighted by Gasteiger charge is 2.31. The molecule has 8 heteroatoms. The van der Waals surface area contributed by atoms with E-state index in [0.29, 0.717) is 16.6 Å². The summed E-state index contributed by atoms with van der Waals surface area (Å²) in [5.41, 5.74) is 2.97. The van der Waals surface area contributed by atoms with Gasteiger partial charge in [0.05, 0.1) is 16.8 Å². The van der Waals surface area contributed by atoms with E-state index >= 15 is 0 Å². The maximum absolute atomic E-state index is 12.8. The molecule has 0 spiro atoms. The number of fused-ring (bicyclic) bond motifs is 1. The highest BCUT2D eigenvalue weighted by molar-refractivity contribution is 5.91. The predicted molar refractivity (Wildman–Crippen MR) is 104 cm³/mol. The molecule has 1 aliphatic heterocycles. The molecule has 0 radical (unpaired) electrons. The van der Waals surface area contributed by atoms with E-state index in [1.807, 2.05) is 19.2 Å². The number of benzene rings is 1. The van der Waals surface area contributed by atoms with Crippen LogP contribution in [0.3, 0.4) is 0 Å². The smallest absolute Gasteiger partial charge is 0.346 e. The quantitative estimate of drug-likeness (QED) is 0.687. The van der Waals surface area contributed by atoms with Gasteiger partial charge >= 0.3 is 6.18 Å². The number of nitrogens with one attached hydrogen (secondary N) is 2. The van der Waals surface area contributed by atoms with Crippen LogP contribution in [0.4, 0.5) is 13.2 Å². The fraction of sp³-hybridized carbons (Fsp3) is 0.400. The Morgan fingerprint density at radius 1 is 1.25 bits per heavy atom. The first-order chi connectivity index (χ1) is 13.3. The lowest BCUT2D eigenvalue weighted by molar-refractivity contribution is -0.137. The molecule has 0 fully saturated rings. The van der Waals surface area contributed by atoms with Gasteiger partial charge in [0.25, 0.3) is 0 Å². The minimum Gasteiger partial charge on any atom is -0.346 e. The Hall–Kier alpha value is -2.61. The number of aromatic nitrogens is 4. The van der Waals surface area contributed by atoms with Crippen molar-refractivity contribution in [2.75, 3.05) is 13.1 Å². The highest BCUT2D eigenvalue weighted by Crippen LogP contribution is 2.34. The third kappa shape index (κ3) is 4.44. The highest BCUT2D eigenvalue weighted by atomic mass is 19.4. The van der Waals surface area contributed by atoms with Crippen LogP contribution < -0.4 is 5.32 Å². The van der Waals surface area contributed by atoms with Crippen molar-refractivity contribution in [3.63, 3.8) is 0 Å². The number of alkyl halides is 3. The Kier molecular flexibility index (Phi) is 5.88. The van der Waals surface area contributed by atoms with Gasteiger partial charge in [-0.15, -0.1) is 0 Å². The zero-order valence-electron chi connectivity index (χ0n) is 16.2. The topological polar surface area (TPSA) is 58.5 Å². The molecule has 0 amide bonds. The SMILES string of the molecule is CCc1cnc(C)[nH]1.Cn1nc(C2=CCNCC2)c2cc(C(F)(F)F)ccc21. The molecule has 2 aromatic heterocycles. The van der Waals surface area contributed by atoms with E-state index in [-0.39, 0.29) is 0 Å². The van der Waals surface area contributed by atoms with Gasteiger partial charge in [0.15, 0.2) is 0 Å². The van der Waals surface area contributed by atoms with Crippen molar-refractivity contribution in [1.29, 1.82) is 0 Å². The van der Waals surface area contributed by atoms with Gasteiger partial charge < -0.3 is 10.3 Å². The molecule has 0 saturated heterocycles. The monoisotopic (exact) mass is 391 g/mol. The van der Waals surface area contributed by atoms with Crippen molar-refractivity contribution in [2.24, 2.45) is 7.05 Å². The Labute approximate surface area is 161 Å². The first-order valence-electron chi connectivity index (χ1n) is 9.24. The van der Waals surface area contributed by atoms with E-state index in [0.717, 1.165) is 43.4 Å². The van der Waals surface area contributed by atoms with Gasteiger partial charge in [-0.25, -0.2) is 4.98 Å². The van der Waals surface area contributed by atoms with Crippen LogP contribution in [0.15, 0.2) is 30.5 Å². The summed E-state index contributed by atoms with van der Waals surface area (Å²) in [5.74, 6) is 1.00. The number of imidazole rings is 1. The second-order valence-electron chi connectivity index (χ2n) is 6.73. The fourth-order valence-corrected chi connectivity index (χ4v) is 3.17. The summed E-state index contributed by atoms with van der Waals surface area (Å²) in [4.78, 5) is 7.15. The first kappa shape index (κ1) is 20.1. The minimum atomic E-state index is -4.33. The molecule has 0 atom stereocenters. The largest absolute Gasteiger partial charge is 0.416 e. The van der Waals surface area contributed by atoms with E-state index < -0.39 is 11.7 Å². The Morgan fingerprint density at radius 3 is 2.57 bits per heavy atom. The van der Waals surface area contributed by atoms with E-state index in [2.05, 4.69) is 27.3 Å².